The molecule has 168 valence electrons. The Labute approximate surface area is 186 Å². The lowest BCUT2D eigenvalue weighted by molar-refractivity contribution is 0.0994. The molecule has 8 nitrogen and oxygen atoms in total. The van der Waals surface area contributed by atoms with Crippen molar-refractivity contribution in [2.45, 2.75) is 18.6 Å². The number of nitrogens with zero attached hydrogens (tertiary/aromatic N) is 1. The van der Waals surface area contributed by atoms with Crippen LogP contribution >= 0.6 is 0 Å². The second-order valence-corrected chi connectivity index (χ2v) is 7.24. The van der Waals surface area contributed by atoms with Crippen molar-refractivity contribution in [3.8, 4) is 17.4 Å². The van der Waals surface area contributed by atoms with Crippen LogP contribution in [-0.2, 0) is 6.42 Å². The van der Waals surface area contributed by atoms with Crippen molar-refractivity contribution in [3.63, 3.8) is 0 Å². The van der Waals surface area contributed by atoms with Crippen molar-refractivity contribution in [1.29, 1.82) is 0 Å². The Bertz CT molecular complexity index is 982. The minimum atomic E-state index is -0.710. The molecule has 0 saturated heterocycles. The third-order valence-corrected chi connectivity index (χ3v) is 4.70. The number of carbonyl (C=O) groups excluding carboxylic acids is 1. The van der Waals surface area contributed by atoms with Gasteiger partial charge in [0.1, 0.15) is 29.8 Å². The number of nitrogens with one attached hydrogen (secondary N) is 1. The maximum Gasteiger partial charge on any atom is 0.254 e. The number of nitrogens with two attached hydrogens (primary N) is 1. The summed E-state index contributed by atoms with van der Waals surface area (Å²) in [4.78, 5) is 15.5. The predicted octanol–water partition coefficient (Wildman–Crippen LogP) is 1.91. The quantitative estimate of drug-likeness (QED) is 0.341. The fourth-order valence-corrected chi connectivity index (χ4v) is 3.02. The zero-order valence-corrected chi connectivity index (χ0v) is 17.6. The zero-order valence-electron chi connectivity index (χ0n) is 17.6. The number of aromatic nitrogens is 1. The number of carbonyl (C=O) groups is 1. The van der Waals surface area contributed by atoms with Gasteiger partial charge in [-0.2, -0.15) is 0 Å². The lowest BCUT2D eigenvalue weighted by Crippen LogP contribution is -2.41. The molecule has 0 bridgehead atoms. The largest absolute Gasteiger partial charge is 0.491 e. The first-order valence-electron chi connectivity index (χ1n) is 10.3. The summed E-state index contributed by atoms with van der Waals surface area (Å²) in [6.45, 7) is 0.358. The molecule has 1 aromatic heterocycles. The molecular formula is C24H27N3O5. The van der Waals surface area contributed by atoms with Gasteiger partial charge in [-0.15, -0.1) is 0 Å². The van der Waals surface area contributed by atoms with Crippen molar-refractivity contribution in [1.82, 2.24) is 10.3 Å². The van der Waals surface area contributed by atoms with Crippen LogP contribution in [0.4, 0.5) is 0 Å². The van der Waals surface area contributed by atoms with Crippen LogP contribution in [0.1, 0.15) is 15.9 Å². The van der Waals surface area contributed by atoms with Gasteiger partial charge in [0.25, 0.3) is 5.91 Å². The van der Waals surface area contributed by atoms with Gasteiger partial charge in [-0.3, -0.25) is 4.79 Å². The molecule has 5 N–H and O–H groups in total. The molecule has 0 spiro atoms. The number of amides is 1. The molecule has 0 aliphatic rings. The summed E-state index contributed by atoms with van der Waals surface area (Å²) in [5.74, 6) is 0.741. The number of para-hydroxylation sites is 1. The number of rotatable bonds is 12. The molecule has 8 heteroatoms. The Hall–Kier alpha value is -3.46. The van der Waals surface area contributed by atoms with Gasteiger partial charge in [0, 0.05) is 18.8 Å². The van der Waals surface area contributed by atoms with E-state index in [1.807, 2.05) is 42.5 Å². The van der Waals surface area contributed by atoms with E-state index in [4.69, 9.17) is 15.2 Å². The summed E-state index contributed by atoms with van der Waals surface area (Å²) >= 11 is 0. The van der Waals surface area contributed by atoms with Crippen molar-refractivity contribution < 1.29 is 24.5 Å². The van der Waals surface area contributed by atoms with Gasteiger partial charge in [0.05, 0.1) is 6.61 Å². The molecule has 32 heavy (non-hydrogen) atoms. The number of ether oxygens (including phenoxy) is 2. The van der Waals surface area contributed by atoms with Gasteiger partial charge in [-0.1, -0.05) is 30.3 Å². The molecule has 0 radical (unpaired) electrons. The summed E-state index contributed by atoms with van der Waals surface area (Å²) in [7, 11) is 0. The maximum absolute atomic E-state index is 11.5. The molecule has 2 unspecified atom stereocenters. The Kier molecular flexibility index (Phi) is 8.56. The van der Waals surface area contributed by atoms with Crippen molar-refractivity contribution in [2.75, 3.05) is 19.8 Å². The Morgan fingerprint density at radius 3 is 2.47 bits per heavy atom. The number of hydrogen-bond donors (Lipinski definition) is 4. The van der Waals surface area contributed by atoms with Crippen LogP contribution in [0.25, 0.3) is 0 Å². The molecule has 3 rings (SSSR count). The minimum Gasteiger partial charge on any atom is -0.491 e. The summed E-state index contributed by atoms with van der Waals surface area (Å²) in [6.07, 6.45) is 1.37. The average molecular weight is 437 g/mol. The molecule has 1 amide bonds. The summed E-state index contributed by atoms with van der Waals surface area (Å²) in [6, 6.07) is 19.5. The number of pyridine rings is 1. The van der Waals surface area contributed by atoms with E-state index in [1.54, 1.807) is 24.3 Å². The fourth-order valence-electron chi connectivity index (χ4n) is 3.02. The van der Waals surface area contributed by atoms with Crippen LogP contribution in [-0.4, -0.2) is 53.0 Å². The van der Waals surface area contributed by atoms with Crippen LogP contribution in [0.2, 0.25) is 0 Å². The first-order chi connectivity index (χ1) is 15.5. The highest BCUT2D eigenvalue weighted by Gasteiger charge is 2.13. The summed E-state index contributed by atoms with van der Waals surface area (Å²) < 4.78 is 11.2. The van der Waals surface area contributed by atoms with E-state index in [1.165, 1.54) is 6.20 Å². The van der Waals surface area contributed by atoms with E-state index in [-0.39, 0.29) is 37.2 Å². The summed E-state index contributed by atoms with van der Waals surface area (Å²) in [5, 5.41) is 23.0. The smallest absolute Gasteiger partial charge is 0.254 e. The molecular weight excluding hydrogens is 410 g/mol. The van der Waals surface area contributed by atoms with Crippen molar-refractivity contribution in [3.05, 3.63) is 84.1 Å². The van der Waals surface area contributed by atoms with Gasteiger partial charge in [0.15, 0.2) is 0 Å². The Balaban J connectivity index is 1.48. The molecule has 0 saturated carbocycles. The first-order valence-corrected chi connectivity index (χ1v) is 10.3. The van der Waals surface area contributed by atoms with Crippen LogP contribution in [0, 0.1) is 0 Å². The molecule has 0 aliphatic carbocycles. The lowest BCUT2D eigenvalue weighted by Gasteiger charge is -2.19. The van der Waals surface area contributed by atoms with Crippen molar-refractivity contribution >= 4 is 5.91 Å². The second-order valence-electron chi connectivity index (χ2n) is 7.24. The standard InChI is InChI=1S/C24H27N3O5/c25-23(30)22-7-4-12-26-24(22)32-21-10-8-17(9-11-21)13-18(15-28)27-14-19(29)16-31-20-5-2-1-3-6-20/h1-12,18-19,27-29H,13-16H2,(H2,25,30). The monoisotopic (exact) mass is 437 g/mol. The molecule has 2 atom stereocenters. The van der Waals surface area contributed by atoms with E-state index in [0.717, 1.165) is 5.56 Å². The van der Waals surface area contributed by atoms with E-state index in [2.05, 4.69) is 10.3 Å². The maximum atomic E-state index is 11.5. The second kappa shape index (κ2) is 11.8. The molecule has 3 aromatic rings. The molecule has 0 fully saturated rings. The van der Waals surface area contributed by atoms with Gasteiger partial charge in [0.2, 0.25) is 5.88 Å². The van der Waals surface area contributed by atoms with Gasteiger partial charge < -0.3 is 30.7 Å². The Morgan fingerprint density at radius 2 is 1.78 bits per heavy atom. The SMILES string of the molecule is NC(=O)c1cccnc1Oc1ccc(CC(CO)NCC(O)COc2ccccc2)cc1. The topological polar surface area (TPSA) is 127 Å². The van der Waals surface area contributed by atoms with E-state index < -0.39 is 12.0 Å². The average Bonchev–Trinajstić information content (AvgIpc) is 2.82. The van der Waals surface area contributed by atoms with Gasteiger partial charge in [-0.25, -0.2) is 4.98 Å². The third kappa shape index (κ3) is 7.05. The predicted molar refractivity (Wildman–Crippen MR) is 120 cm³/mol. The number of aliphatic hydroxyl groups is 2. The highest BCUT2D eigenvalue weighted by Crippen LogP contribution is 2.23. The highest BCUT2D eigenvalue weighted by molar-refractivity contribution is 5.95. The molecule has 1 heterocycles. The highest BCUT2D eigenvalue weighted by atomic mass is 16.5. The van der Waals surface area contributed by atoms with E-state index >= 15 is 0 Å². The summed E-state index contributed by atoms with van der Waals surface area (Å²) in [5.41, 5.74) is 6.52. The fraction of sp³-hybridized carbons (Fsp3) is 0.250. The van der Waals surface area contributed by atoms with E-state index in [9.17, 15) is 15.0 Å². The van der Waals surface area contributed by atoms with Crippen molar-refractivity contribution in [2.24, 2.45) is 5.73 Å². The Morgan fingerprint density at radius 1 is 1.03 bits per heavy atom. The van der Waals surface area contributed by atoms with Crippen LogP contribution in [0.5, 0.6) is 17.4 Å². The van der Waals surface area contributed by atoms with Crippen LogP contribution < -0.4 is 20.5 Å². The third-order valence-electron chi connectivity index (χ3n) is 4.70. The van der Waals surface area contributed by atoms with E-state index in [0.29, 0.717) is 17.9 Å². The number of primary amides is 1. The zero-order chi connectivity index (χ0) is 22.8. The minimum absolute atomic E-state index is 0.0829. The first kappa shape index (κ1) is 23.2. The van der Waals surface area contributed by atoms with Crippen LogP contribution in [0.15, 0.2) is 72.9 Å². The molecule has 0 aliphatic heterocycles. The van der Waals surface area contributed by atoms with Gasteiger partial charge in [-0.05, 0) is 48.4 Å². The molecule has 2 aromatic carbocycles. The lowest BCUT2D eigenvalue weighted by atomic mass is 10.1. The van der Waals surface area contributed by atoms with Crippen LogP contribution in [0.3, 0.4) is 0 Å². The van der Waals surface area contributed by atoms with Gasteiger partial charge >= 0.3 is 0 Å². The number of benzene rings is 2. The number of hydrogen-bond acceptors (Lipinski definition) is 7. The normalized spacial score (nSPS) is 12.7. The number of aliphatic hydroxyl groups excluding tert-OH is 2.